The first-order valence-corrected chi connectivity index (χ1v) is 6.96. The zero-order valence-corrected chi connectivity index (χ0v) is 11.8. The highest BCUT2D eigenvalue weighted by Gasteiger charge is 2.34. The van der Waals surface area contributed by atoms with Gasteiger partial charge in [0.1, 0.15) is 11.6 Å². The number of amides is 1. The number of benzene rings is 1. The van der Waals surface area contributed by atoms with E-state index in [-0.39, 0.29) is 5.56 Å². The van der Waals surface area contributed by atoms with Crippen molar-refractivity contribution in [1.82, 2.24) is 4.90 Å². The summed E-state index contributed by atoms with van der Waals surface area (Å²) < 4.78 is 26.6. The zero-order chi connectivity index (χ0) is 15.6. The molecule has 1 aliphatic heterocycles. The average molecular weight is 296 g/mol. The first kappa shape index (κ1) is 15.6. The summed E-state index contributed by atoms with van der Waals surface area (Å²) in [5, 5.41) is 0. The molecule has 114 valence electrons. The van der Waals surface area contributed by atoms with Crippen LogP contribution in [0, 0.1) is 11.6 Å². The fourth-order valence-corrected chi connectivity index (χ4v) is 2.79. The summed E-state index contributed by atoms with van der Waals surface area (Å²) in [6.07, 6.45) is 2.32. The fraction of sp³-hybridized carbons (Fsp3) is 0.467. The van der Waals surface area contributed by atoms with Crippen LogP contribution < -0.4 is 5.73 Å². The molecular weight excluding hydrogens is 278 g/mol. The second-order valence-corrected chi connectivity index (χ2v) is 5.32. The van der Waals surface area contributed by atoms with Crippen molar-refractivity contribution >= 4 is 11.7 Å². The Kier molecular flexibility index (Phi) is 4.67. The number of hydrogen-bond donors (Lipinski definition) is 1. The van der Waals surface area contributed by atoms with Gasteiger partial charge in [0.15, 0.2) is 5.78 Å². The van der Waals surface area contributed by atoms with E-state index in [9.17, 15) is 18.4 Å². The van der Waals surface area contributed by atoms with Gasteiger partial charge in [-0.3, -0.25) is 14.5 Å². The Bertz CT molecular complexity index is 563. The fourth-order valence-electron chi connectivity index (χ4n) is 2.79. The predicted octanol–water partition coefficient (Wildman–Crippen LogP) is 1.88. The number of piperidine rings is 1. The molecule has 0 bridgehead atoms. The third-order valence-electron chi connectivity index (χ3n) is 3.95. The van der Waals surface area contributed by atoms with Crippen LogP contribution in [0.3, 0.4) is 0 Å². The van der Waals surface area contributed by atoms with Gasteiger partial charge in [0.05, 0.1) is 17.6 Å². The quantitative estimate of drug-likeness (QED) is 0.863. The highest BCUT2D eigenvalue weighted by Crippen LogP contribution is 2.22. The van der Waals surface area contributed by atoms with Crippen LogP contribution in [0.1, 0.15) is 36.5 Å². The Balaban J connectivity index is 2.23. The Labute approximate surface area is 121 Å². The molecule has 0 aromatic heterocycles. The van der Waals surface area contributed by atoms with E-state index in [4.69, 9.17) is 5.73 Å². The monoisotopic (exact) mass is 296 g/mol. The van der Waals surface area contributed by atoms with Crippen LogP contribution in [0.15, 0.2) is 18.2 Å². The van der Waals surface area contributed by atoms with E-state index in [0.29, 0.717) is 19.0 Å². The molecule has 2 N–H and O–H groups in total. The molecule has 21 heavy (non-hydrogen) atoms. The first-order valence-electron chi connectivity index (χ1n) is 6.96. The van der Waals surface area contributed by atoms with Crippen LogP contribution in [-0.4, -0.2) is 35.2 Å². The summed E-state index contributed by atoms with van der Waals surface area (Å²) in [4.78, 5) is 25.6. The number of hydrogen-bond acceptors (Lipinski definition) is 3. The molecule has 1 aromatic rings. The van der Waals surface area contributed by atoms with Gasteiger partial charge in [-0.15, -0.1) is 0 Å². The molecule has 1 heterocycles. The Morgan fingerprint density at radius 2 is 2.05 bits per heavy atom. The minimum atomic E-state index is -0.889. The largest absolute Gasteiger partial charge is 0.368 e. The number of carbonyl (C=O) groups is 2. The lowest BCUT2D eigenvalue weighted by Gasteiger charge is -2.37. The van der Waals surface area contributed by atoms with Crippen molar-refractivity contribution < 1.29 is 18.4 Å². The maximum atomic E-state index is 13.7. The number of Topliss-reactive ketones (excluding diaryl/α,β-unsaturated/α-hetero) is 1. The molecule has 2 unspecified atom stereocenters. The van der Waals surface area contributed by atoms with Crippen molar-refractivity contribution in [3.05, 3.63) is 35.4 Å². The second-order valence-electron chi connectivity index (χ2n) is 5.32. The molecule has 2 rings (SSSR count). The summed E-state index contributed by atoms with van der Waals surface area (Å²) in [5.74, 6) is -2.57. The Hall–Kier alpha value is -1.82. The molecule has 1 aliphatic rings. The third kappa shape index (κ3) is 3.26. The van der Waals surface area contributed by atoms with E-state index in [1.807, 2.05) is 0 Å². The van der Waals surface area contributed by atoms with E-state index in [1.165, 1.54) is 0 Å². The second kappa shape index (κ2) is 6.30. The number of ketones is 1. The van der Waals surface area contributed by atoms with Crippen molar-refractivity contribution in [2.24, 2.45) is 5.73 Å². The minimum absolute atomic E-state index is 0.169. The number of rotatable bonds is 4. The van der Waals surface area contributed by atoms with Crippen LogP contribution in [0.4, 0.5) is 8.78 Å². The van der Waals surface area contributed by atoms with Crippen LogP contribution in [0.5, 0.6) is 0 Å². The molecule has 0 aliphatic carbocycles. The lowest BCUT2D eigenvalue weighted by molar-refractivity contribution is -0.124. The molecule has 0 radical (unpaired) electrons. The van der Waals surface area contributed by atoms with E-state index in [1.54, 1.807) is 11.8 Å². The summed E-state index contributed by atoms with van der Waals surface area (Å²) in [6, 6.07) is 1.67. The van der Waals surface area contributed by atoms with Crippen molar-refractivity contribution in [3.8, 4) is 0 Å². The highest BCUT2D eigenvalue weighted by molar-refractivity contribution is 6.00. The summed E-state index contributed by atoms with van der Waals surface area (Å²) in [7, 11) is 0. The molecule has 0 spiro atoms. The third-order valence-corrected chi connectivity index (χ3v) is 3.95. The van der Waals surface area contributed by atoms with E-state index in [0.717, 1.165) is 25.0 Å². The smallest absolute Gasteiger partial charge is 0.234 e. The number of carbonyl (C=O) groups excluding carboxylic acids is 2. The minimum Gasteiger partial charge on any atom is -0.368 e. The van der Waals surface area contributed by atoms with Gasteiger partial charge in [0, 0.05) is 6.07 Å². The van der Waals surface area contributed by atoms with E-state index >= 15 is 0 Å². The van der Waals surface area contributed by atoms with Crippen molar-refractivity contribution in [1.29, 1.82) is 0 Å². The first-order chi connectivity index (χ1) is 9.91. The van der Waals surface area contributed by atoms with Gasteiger partial charge in [0.25, 0.3) is 0 Å². The van der Waals surface area contributed by atoms with Gasteiger partial charge in [-0.05, 0) is 38.4 Å². The van der Waals surface area contributed by atoms with E-state index in [2.05, 4.69) is 0 Å². The number of halogens is 2. The van der Waals surface area contributed by atoms with Gasteiger partial charge in [0.2, 0.25) is 5.91 Å². The molecule has 0 saturated carbocycles. The molecule has 1 amide bonds. The maximum absolute atomic E-state index is 13.7. The van der Waals surface area contributed by atoms with Crippen LogP contribution in [0.2, 0.25) is 0 Å². The van der Waals surface area contributed by atoms with Crippen molar-refractivity contribution in [3.63, 3.8) is 0 Å². The topological polar surface area (TPSA) is 63.4 Å². The molecule has 1 saturated heterocycles. The lowest BCUT2D eigenvalue weighted by Crippen LogP contribution is -2.53. The predicted molar refractivity (Wildman–Crippen MR) is 73.7 cm³/mol. The van der Waals surface area contributed by atoms with Crippen LogP contribution in [-0.2, 0) is 4.79 Å². The molecule has 1 fully saturated rings. The number of likely N-dealkylation sites (tertiary alicyclic amines) is 1. The van der Waals surface area contributed by atoms with Gasteiger partial charge in [-0.25, -0.2) is 8.78 Å². The molecular formula is C15H18F2N2O2. The van der Waals surface area contributed by atoms with Gasteiger partial charge >= 0.3 is 0 Å². The van der Waals surface area contributed by atoms with Gasteiger partial charge in [-0.1, -0.05) is 6.42 Å². The normalized spacial score (nSPS) is 21.0. The standard InChI is InChI=1S/C15H18F2N2O2/c1-9(19-7-3-2-4-13(19)15(18)21)14(20)11-6-5-10(16)8-12(11)17/h5-6,8-9,13H,2-4,7H2,1H3,(H2,18,21). The molecule has 6 heteroatoms. The number of nitrogens with zero attached hydrogens (tertiary/aromatic N) is 1. The van der Waals surface area contributed by atoms with E-state index < -0.39 is 35.4 Å². The van der Waals surface area contributed by atoms with Crippen LogP contribution >= 0.6 is 0 Å². The number of primary amides is 1. The molecule has 4 nitrogen and oxygen atoms in total. The number of nitrogens with two attached hydrogens (primary N) is 1. The molecule has 2 atom stereocenters. The summed E-state index contributed by atoms with van der Waals surface area (Å²) >= 11 is 0. The summed E-state index contributed by atoms with van der Waals surface area (Å²) in [5.41, 5.74) is 5.20. The van der Waals surface area contributed by atoms with Crippen LogP contribution in [0.25, 0.3) is 0 Å². The van der Waals surface area contributed by atoms with Gasteiger partial charge < -0.3 is 5.73 Å². The van der Waals surface area contributed by atoms with Gasteiger partial charge in [-0.2, -0.15) is 0 Å². The summed E-state index contributed by atoms with van der Waals surface area (Å²) in [6.45, 7) is 2.18. The van der Waals surface area contributed by atoms with Crippen molar-refractivity contribution in [2.75, 3.05) is 6.54 Å². The average Bonchev–Trinajstić information content (AvgIpc) is 2.45. The maximum Gasteiger partial charge on any atom is 0.234 e. The van der Waals surface area contributed by atoms with Crippen molar-refractivity contribution in [2.45, 2.75) is 38.3 Å². The lowest BCUT2D eigenvalue weighted by atomic mass is 9.96. The highest BCUT2D eigenvalue weighted by atomic mass is 19.1. The zero-order valence-electron chi connectivity index (χ0n) is 11.8. The SMILES string of the molecule is CC(C(=O)c1ccc(F)cc1F)N1CCCCC1C(N)=O. The Morgan fingerprint density at radius 1 is 1.33 bits per heavy atom. The molecule has 1 aromatic carbocycles. The Morgan fingerprint density at radius 3 is 2.67 bits per heavy atom.